The van der Waals surface area contributed by atoms with Crippen LogP contribution >= 0.6 is 15.9 Å². The first-order valence-electron chi connectivity index (χ1n) is 5.92. The molecule has 0 radical (unpaired) electrons. The average Bonchev–Trinajstić information content (AvgIpc) is 2.29. The summed E-state index contributed by atoms with van der Waals surface area (Å²) in [5, 5.41) is 3.07. The SMILES string of the molecule is CCCNCCS(=O)(=O)Nc1ccc(C)c(Br)c1. The van der Waals surface area contributed by atoms with Crippen LogP contribution in [0.4, 0.5) is 5.69 Å². The van der Waals surface area contributed by atoms with Crippen LogP contribution in [0, 0.1) is 6.92 Å². The molecule has 102 valence electrons. The van der Waals surface area contributed by atoms with Gasteiger partial charge in [-0.05, 0) is 37.6 Å². The van der Waals surface area contributed by atoms with Crippen LogP contribution in [0.15, 0.2) is 22.7 Å². The quantitative estimate of drug-likeness (QED) is 0.753. The molecule has 0 aliphatic heterocycles. The smallest absolute Gasteiger partial charge is 0.233 e. The first-order chi connectivity index (χ1) is 8.44. The number of aryl methyl sites for hydroxylation is 1. The van der Waals surface area contributed by atoms with Crippen molar-refractivity contribution in [1.29, 1.82) is 0 Å². The largest absolute Gasteiger partial charge is 0.316 e. The summed E-state index contributed by atoms with van der Waals surface area (Å²) in [6, 6.07) is 5.40. The lowest BCUT2D eigenvalue weighted by molar-refractivity contribution is 0.595. The van der Waals surface area contributed by atoms with Gasteiger partial charge in [0, 0.05) is 16.7 Å². The normalized spacial score (nSPS) is 11.5. The number of anilines is 1. The Morgan fingerprint density at radius 1 is 1.28 bits per heavy atom. The molecule has 0 amide bonds. The minimum absolute atomic E-state index is 0.0818. The van der Waals surface area contributed by atoms with E-state index in [2.05, 4.69) is 26.0 Å². The van der Waals surface area contributed by atoms with Crippen molar-refractivity contribution >= 4 is 31.6 Å². The van der Waals surface area contributed by atoms with Crippen LogP contribution in [0.2, 0.25) is 0 Å². The van der Waals surface area contributed by atoms with Gasteiger partial charge in [0.2, 0.25) is 10.0 Å². The van der Waals surface area contributed by atoms with Gasteiger partial charge in [-0.15, -0.1) is 0 Å². The second-order valence-corrected chi connectivity index (χ2v) is 6.83. The zero-order valence-electron chi connectivity index (χ0n) is 10.7. The molecule has 0 spiro atoms. The third kappa shape index (κ3) is 5.37. The molecule has 0 heterocycles. The molecule has 0 fully saturated rings. The minimum Gasteiger partial charge on any atom is -0.316 e. The number of sulfonamides is 1. The summed E-state index contributed by atoms with van der Waals surface area (Å²) in [4.78, 5) is 0. The van der Waals surface area contributed by atoms with Crippen LogP contribution in [0.5, 0.6) is 0 Å². The summed E-state index contributed by atoms with van der Waals surface area (Å²) in [7, 11) is -3.28. The van der Waals surface area contributed by atoms with Crippen molar-refractivity contribution in [2.45, 2.75) is 20.3 Å². The Morgan fingerprint density at radius 2 is 2.00 bits per heavy atom. The highest BCUT2D eigenvalue weighted by atomic mass is 79.9. The van der Waals surface area contributed by atoms with Crippen molar-refractivity contribution in [3.8, 4) is 0 Å². The molecular weight excluding hydrogens is 316 g/mol. The van der Waals surface area contributed by atoms with Crippen LogP contribution in [0.1, 0.15) is 18.9 Å². The summed E-state index contributed by atoms with van der Waals surface area (Å²) in [6.45, 7) is 5.31. The second kappa shape index (κ2) is 7.11. The zero-order chi connectivity index (χ0) is 13.6. The Balaban J connectivity index is 2.56. The highest BCUT2D eigenvalue weighted by molar-refractivity contribution is 9.10. The van der Waals surface area contributed by atoms with Crippen molar-refractivity contribution < 1.29 is 8.42 Å². The van der Waals surface area contributed by atoms with Gasteiger partial charge >= 0.3 is 0 Å². The molecule has 0 atom stereocenters. The fourth-order valence-electron chi connectivity index (χ4n) is 1.40. The molecule has 0 aliphatic carbocycles. The molecule has 6 heteroatoms. The Morgan fingerprint density at radius 3 is 2.61 bits per heavy atom. The van der Waals surface area contributed by atoms with Crippen LogP contribution in [0.3, 0.4) is 0 Å². The first kappa shape index (κ1) is 15.5. The molecule has 0 saturated heterocycles. The molecule has 0 aliphatic rings. The summed E-state index contributed by atoms with van der Waals surface area (Å²) >= 11 is 3.38. The van der Waals surface area contributed by atoms with Gasteiger partial charge in [0.1, 0.15) is 0 Å². The summed E-state index contributed by atoms with van der Waals surface area (Å²) in [6.07, 6.45) is 0.998. The molecular formula is C12H19BrN2O2S. The maximum absolute atomic E-state index is 11.8. The van der Waals surface area contributed by atoms with E-state index in [1.165, 1.54) is 0 Å². The van der Waals surface area contributed by atoms with Gasteiger partial charge in [-0.1, -0.05) is 28.9 Å². The van der Waals surface area contributed by atoms with E-state index in [0.29, 0.717) is 12.2 Å². The van der Waals surface area contributed by atoms with Crippen molar-refractivity contribution in [1.82, 2.24) is 5.32 Å². The molecule has 4 nitrogen and oxygen atoms in total. The molecule has 18 heavy (non-hydrogen) atoms. The highest BCUT2D eigenvalue weighted by Crippen LogP contribution is 2.21. The molecule has 0 aromatic heterocycles. The summed E-state index contributed by atoms with van der Waals surface area (Å²) < 4.78 is 27.0. The van der Waals surface area contributed by atoms with Gasteiger partial charge in [0.25, 0.3) is 0 Å². The van der Waals surface area contributed by atoms with E-state index in [4.69, 9.17) is 0 Å². The van der Waals surface area contributed by atoms with E-state index >= 15 is 0 Å². The van der Waals surface area contributed by atoms with Crippen molar-refractivity contribution in [2.75, 3.05) is 23.6 Å². The number of rotatable bonds is 7. The van der Waals surface area contributed by atoms with E-state index in [0.717, 1.165) is 23.0 Å². The van der Waals surface area contributed by atoms with Crippen molar-refractivity contribution in [2.24, 2.45) is 0 Å². The summed E-state index contributed by atoms with van der Waals surface area (Å²) in [5.74, 6) is 0.0818. The monoisotopic (exact) mass is 334 g/mol. The number of hydrogen-bond acceptors (Lipinski definition) is 3. The Kier molecular flexibility index (Phi) is 6.11. The molecule has 1 aromatic carbocycles. The Labute approximate surface area is 117 Å². The molecule has 1 rings (SSSR count). The minimum atomic E-state index is -3.28. The van der Waals surface area contributed by atoms with Crippen molar-refractivity contribution in [3.05, 3.63) is 28.2 Å². The molecule has 0 saturated carbocycles. The molecule has 0 unspecified atom stereocenters. The Hall–Kier alpha value is -0.590. The molecule has 1 aromatic rings. The molecule has 2 N–H and O–H groups in total. The zero-order valence-corrected chi connectivity index (χ0v) is 13.1. The number of nitrogens with one attached hydrogen (secondary N) is 2. The lowest BCUT2D eigenvalue weighted by Crippen LogP contribution is -2.27. The number of hydrogen-bond donors (Lipinski definition) is 2. The third-order valence-corrected chi connectivity index (χ3v) is 4.56. The summed E-state index contributed by atoms with van der Waals surface area (Å²) in [5.41, 5.74) is 1.66. The van der Waals surface area contributed by atoms with E-state index in [1.807, 2.05) is 19.9 Å². The average molecular weight is 335 g/mol. The fraction of sp³-hybridized carbons (Fsp3) is 0.500. The maximum Gasteiger partial charge on any atom is 0.233 e. The van der Waals surface area contributed by atoms with Crippen LogP contribution < -0.4 is 10.0 Å². The van der Waals surface area contributed by atoms with Gasteiger partial charge < -0.3 is 5.32 Å². The highest BCUT2D eigenvalue weighted by Gasteiger charge is 2.10. The lowest BCUT2D eigenvalue weighted by atomic mass is 10.2. The predicted octanol–water partition coefficient (Wildman–Crippen LogP) is 2.50. The molecule has 0 bridgehead atoms. The van der Waals surface area contributed by atoms with E-state index < -0.39 is 10.0 Å². The van der Waals surface area contributed by atoms with Crippen LogP contribution in [-0.4, -0.2) is 27.3 Å². The van der Waals surface area contributed by atoms with Crippen LogP contribution in [-0.2, 0) is 10.0 Å². The van der Waals surface area contributed by atoms with Gasteiger partial charge in [0.15, 0.2) is 0 Å². The van der Waals surface area contributed by atoms with Gasteiger partial charge in [0.05, 0.1) is 5.75 Å². The predicted molar refractivity (Wildman–Crippen MR) is 79.4 cm³/mol. The second-order valence-electron chi connectivity index (χ2n) is 4.13. The number of benzene rings is 1. The van der Waals surface area contributed by atoms with E-state index in [9.17, 15) is 8.42 Å². The number of halogens is 1. The van der Waals surface area contributed by atoms with Gasteiger partial charge in [-0.3, -0.25) is 4.72 Å². The maximum atomic E-state index is 11.8. The third-order valence-electron chi connectivity index (χ3n) is 2.42. The van der Waals surface area contributed by atoms with E-state index in [1.54, 1.807) is 12.1 Å². The van der Waals surface area contributed by atoms with E-state index in [-0.39, 0.29) is 5.75 Å². The Bertz CT molecular complexity index is 489. The van der Waals surface area contributed by atoms with Gasteiger partial charge in [-0.25, -0.2) is 8.42 Å². The first-order valence-corrected chi connectivity index (χ1v) is 8.36. The van der Waals surface area contributed by atoms with Crippen LogP contribution in [0.25, 0.3) is 0 Å². The lowest BCUT2D eigenvalue weighted by Gasteiger charge is -2.09. The van der Waals surface area contributed by atoms with Gasteiger partial charge in [-0.2, -0.15) is 0 Å². The fourth-order valence-corrected chi connectivity index (χ4v) is 2.78. The topological polar surface area (TPSA) is 58.2 Å². The van der Waals surface area contributed by atoms with Crippen molar-refractivity contribution in [3.63, 3.8) is 0 Å². The standard InChI is InChI=1S/C12H19BrN2O2S/c1-3-6-14-7-8-18(16,17)15-11-5-4-10(2)12(13)9-11/h4-5,9,14-15H,3,6-8H2,1-2H3.